The van der Waals surface area contributed by atoms with Crippen LogP contribution in [0.1, 0.15) is 60.1 Å². The second-order valence-electron chi connectivity index (χ2n) is 7.61. The molecule has 4 rings (SSSR count). The van der Waals surface area contributed by atoms with Gasteiger partial charge < -0.3 is 19.7 Å². The zero-order valence-corrected chi connectivity index (χ0v) is 15.4. The zero-order chi connectivity index (χ0) is 18.3. The van der Waals surface area contributed by atoms with Gasteiger partial charge in [-0.3, -0.25) is 4.79 Å². The maximum Gasteiger partial charge on any atom is 0.256 e. The minimum atomic E-state index is -1.10. The molecule has 2 fully saturated rings. The summed E-state index contributed by atoms with van der Waals surface area (Å²) in [5.41, 5.74) is 1.53. The van der Waals surface area contributed by atoms with Crippen LogP contribution in [0.4, 0.5) is 0 Å². The highest BCUT2D eigenvalue weighted by Gasteiger charge is 2.43. The van der Waals surface area contributed by atoms with Crippen LogP contribution in [0, 0.1) is 0 Å². The molecular formula is C21H26N2O3. The Morgan fingerprint density at radius 3 is 2.62 bits per heavy atom. The van der Waals surface area contributed by atoms with Crippen LogP contribution in [0.2, 0.25) is 0 Å². The average molecular weight is 354 g/mol. The molecule has 1 amide bonds. The maximum absolute atomic E-state index is 13.2. The molecule has 2 aliphatic rings. The van der Waals surface area contributed by atoms with Gasteiger partial charge in [0.1, 0.15) is 11.4 Å². The number of aromatic amines is 1. The SMILES string of the molecule is COc1ccc([C@](C)(O)[C@@H]2CCCN2C(=O)c2cc[nH]c2C2CC2)cc1. The Morgan fingerprint density at radius 2 is 1.96 bits per heavy atom. The molecule has 1 aliphatic heterocycles. The molecule has 1 aliphatic carbocycles. The van der Waals surface area contributed by atoms with Crippen LogP contribution in [-0.4, -0.2) is 40.6 Å². The molecule has 1 saturated carbocycles. The number of nitrogens with zero attached hydrogens (tertiary/aromatic N) is 1. The van der Waals surface area contributed by atoms with Crippen molar-refractivity contribution in [1.82, 2.24) is 9.88 Å². The first-order chi connectivity index (χ1) is 12.5. The van der Waals surface area contributed by atoms with Gasteiger partial charge in [-0.15, -0.1) is 0 Å². The minimum Gasteiger partial charge on any atom is -0.497 e. The van der Waals surface area contributed by atoms with E-state index in [0.717, 1.165) is 48.3 Å². The Balaban J connectivity index is 1.60. The van der Waals surface area contributed by atoms with Crippen molar-refractivity contribution >= 4 is 5.91 Å². The monoisotopic (exact) mass is 354 g/mol. The van der Waals surface area contributed by atoms with Crippen molar-refractivity contribution < 1.29 is 14.6 Å². The summed E-state index contributed by atoms with van der Waals surface area (Å²) in [5, 5.41) is 11.3. The van der Waals surface area contributed by atoms with E-state index < -0.39 is 5.60 Å². The van der Waals surface area contributed by atoms with Crippen molar-refractivity contribution in [1.29, 1.82) is 0 Å². The van der Waals surface area contributed by atoms with Crippen molar-refractivity contribution in [3.63, 3.8) is 0 Å². The van der Waals surface area contributed by atoms with Gasteiger partial charge in [-0.2, -0.15) is 0 Å². The third-order valence-corrected chi connectivity index (χ3v) is 5.83. The molecule has 0 unspecified atom stereocenters. The summed E-state index contributed by atoms with van der Waals surface area (Å²) in [5.74, 6) is 1.28. The Morgan fingerprint density at radius 1 is 1.23 bits per heavy atom. The molecule has 5 heteroatoms. The third kappa shape index (κ3) is 2.90. The van der Waals surface area contributed by atoms with Crippen LogP contribution in [-0.2, 0) is 5.60 Å². The first-order valence-corrected chi connectivity index (χ1v) is 9.37. The fraction of sp³-hybridized carbons (Fsp3) is 0.476. The number of aromatic nitrogens is 1. The minimum absolute atomic E-state index is 0.0319. The lowest BCUT2D eigenvalue weighted by Gasteiger charge is -2.37. The number of H-pyrrole nitrogens is 1. The molecule has 1 saturated heterocycles. The number of aliphatic hydroxyl groups is 1. The van der Waals surface area contributed by atoms with E-state index in [-0.39, 0.29) is 11.9 Å². The normalized spacial score (nSPS) is 22.3. The van der Waals surface area contributed by atoms with Crippen molar-refractivity contribution in [2.45, 2.75) is 50.2 Å². The maximum atomic E-state index is 13.2. The number of methoxy groups -OCH3 is 1. The lowest BCUT2D eigenvalue weighted by molar-refractivity contribution is -0.0177. The molecule has 1 aromatic carbocycles. The number of nitrogens with one attached hydrogen (secondary N) is 1. The first-order valence-electron chi connectivity index (χ1n) is 9.37. The highest BCUT2D eigenvalue weighted by atomic mass is 16.5. The Labute approximate surface area is 154 Å². The van der Waals surface area contributed by atoms with Gasteiger partial charge in [0, 0.05) is 18.4 Å². The summed E-state index contributed by atoms with van der Waals surface area (Å²) in [6, 6.07) is 9.11. The first kappa shape index (κ1) is 17.2. The second-order valence-corrected chi connectivity index (χ2v) is 7.61. The number of ether oxygens (including phenoxy) is 1. The van der Waals surface area contributed by atoms with Crippen molar-refractivity contribution in [2.75, 3.05) is 13.7 Å². The third-order valence-electron chi connectivity index (χ3n) is 5.83. The van der Waals surface area contributed by atoms with E-state index in [1.54, 1.807) is 7.11 Å². The fourth-order valence-electron chi connectivity index (χ4n) is 4.15. The molecular weight excluding hydrogens is 328 g/mol. The van der Waals surface area contributed by atoms with Gasteiger partial charge in [-0.05, 0) is 62.3 Å². The number of rotatable bonds is 5. The highest BCUT2D eigenvalue weighted by molar-refractivity contribution is 5.96. The number of amides is 1. The van der Waals surface area contributed by atoms with Gasteiger partial charge in [0.2, 0.25) is 0 Å². The van der Waals surface area contributed by atoms with Crippen LogP contribution in [0.3, 0.4) is 0 Å². The van der Waals surface area contributed by atoms with Gasteiger partial charge in [0.05, 0.1) is 18.7 Å². The number of likely N-dealkylation sites (tertiary alicyclic amines) is 1. The number of carbonyl (C=O) groups excluding carboxylic acids is 1. The van der Waals surface area contributed by atoms with E-state index in [1.807, 2.05) is 48.4 Å². The van der Waals surface area contributed by atoms with E-state index in [9.17, 15) is 9.90 Å². The molecule has 0 bridgehead atoms. The Hall–Kier alpha value is -2.27. The molecule has 2 aromatic rings. The molecule has 1 aromatic heterocycles. The van der Waals surface area contributed by atoms with Crippen LogP contribution in [0.25, 0.3) is 0 Å². The fourth-order valence-corrected chi connectivity index (χ4v) is 4.15. The van der Waals surface area contributed by atoms with Crippen molar-refractivity contribution in [3.05, 3.63) is 53.3 Å². The van der Waals surface area contributed by atoms with Gasteiger partial charge in [0.25, 0.3) is 5.91 Å². The topological polar surface area (TPSA) is 65.6 Å². The Bertz CT molecular complexity index is 790. The van der Waals surface area contributed by atoms with Gasteiger partial charge >= 0.3 is 0 Å². The van der Waals surface area contributed by atoms with Crippen molar-refractivity contribution in [3.8, 4) is 5.75 Å². The molecule has 0 radical (unpaired) electrons. The summed E-state index contributed by atoms with van der Waals surface area (Å²) in [7, 11) is 1.62. The number of carbonyl (C=O) groups is 1. The predicted molar refractivity (Wildman–Crippen MR) is 99.4 cm³/mol. The lowest BCUT2D eigenvalue weighted by Crippen LogP contribution is -2.48. The van der Waals surface area contributed by atoms with Gasteiger partial charge in [0.15, 0.2) is 0 Å². The predicted octanol–water partition coefficient (Wildman–Crippen LogP) is 3.41. The van der Waals surface area contributed by atoms with E-state index in [4.69, 9.17) is 4.74 Å². The molecule has 2 heterocycles. The largest absolute Gasteiger partial charge is 0.497 e. The van der Waals surface area contributed by atoms with E-state index in [0.29, 0.717) is 12.5 Å². The molecule has 2 N–H and O–H groups in total. The van der Waals surface area contributed by atoms with Crippen molar-refractivity contribution in [2.24, 2.45) is 0 Å². The van der Waals surface area contributed by atoms with E-state index in [2.05, 4.69) is 4.98 Å². The van der Waals surface area contributed by atoms with E-state index >= 15 is 0 Å². The smallest absolute Gasteiger partial charge is 0.256 e. The molecule has 2 atom stereocenters. The average Bonchev–Trinajstić information content (AvgIpc) is 3.18. The summed E-state index contributed by atoms with van der Waals surface area (Å²) < 4.78 is 5.21. The summed E-state index contributed by atoms with van der Waals surface area (Å²) >= 11 is 0. The van der Waals surface area contributed by atoms with Crippen LogP contribution < -0.4 is 4.74 Å². The van der Waals surface area contributed by atoms with Gasteiger partial charge in [-0.25, -0.2) is 0 Å². The van der Waals surface area contributed by atoms with Crippen LogP contribution >= 0.6 is 0 Å². The second kappa shape index (κ2) is 6.47. The van der Waals surface area contributed by atoms with Crippen LogP contribution in [0.15, 0.2) is 36.5 Å². The summed E-state index contributed by atoms with van der Waals surface area (Å²) in [6.07, 6.45) is 5.86. The molecule has 138 valence electrons. The van der Waals surface area contributed by atoms with E-state index in [1.165, 1.54) is 0 Å². The zero-order valence-electron chi connectivity index (χ0n) is 15.4. The quantitative estimate of drug-likeness (QED) is 0.865. The standard InChI is InChI=1S/C21H26N2O3/c1-21(25,15-7-9-16(26-2)10-8-15)18-4-3-13-23(18)20(24)17-11-12-22-19(17)14-5-6-14/h7-12,14,18,22,25H,3-6,13H2,1-2H3/t18-,21-/m0/s1. The number of hydrogen-bond donors (Lipinski definition) is 2. The molecule has 5 nitrogen and oxygen atoms in total. The lowest BCUT2D eigenvalue weighted by atomic mass is 9.86. The summed E-state index contributed by atoms with van der Waals surface area (Å²) in [4.78, 5) is 18.3. The number of benzene rings is 1. The number of hydrogen-bond acceptors (Lipinski definition) is 3. The summed E-state index contributed by atoms with van der Waals surface area (Å²) in [6.45, 7) is 2.50. The highest BCUT2D eigenvalue weighted by Crippen LogP contribution is 2.42. The molecule has 0 spiro atoms. The molecule has 26 heavy (non-hydrogen) atoms. The van der Waals surface area contributed by atoms with Gasteiger partial charge in [-0.1, -0.05) is 12.1 Å². The van der Waals surface area contributed by atoms with Crippen LogP contribution in [0.5, 0.6) is 5.75 Å². The Kier molecular flexibility index (Phi) is 4.27.